The van der Waals surface area contributed by atoms with Gasteiger partial charge >= 0.3 is 17.8 Å². The zero-order valence-corrected chi connectivity index (χ0v) is 12.5. The molecule has 0 aliphatic rings. The van der Waals surface area contributed by atoms with Gasteiger partial charge in [-0.1, -0.05) is 12.1 Å². The first-order valence-electron chi connectivity index (χ1n) is 6.40. The van der Waals surface area contributed by atoms with Gasteiger partial charge in [0.1, 0.15) is 11.5 Å². The summed E-state index contributed by atoms with van der Waals surface area (Å²) in [6.45, 7) is 3.45. The van der Waals surface area contributed by atoms with Crippen molar-refractivity contribution in [3.63, 3.8) is 0 Å². The van der Waals surface area contributed by atoms with Crippen LogP contribution in [0.2, 0.25) is 0 Å². The highest BCUT2D eigenvalue weighted by atomic mass is 32.1. The maximum Gasteiger partial charge on any atom is 0.467 e. The molecule has 0 amide bonds. The van der Waals surface area contributed by atoms with Crippen molar-refractivity contribution in [2.24, 2.45) is 0 Å². The van der Waals surface area contributed by atoms with Crippen molar-refractivity contribution in [3.8, 4) is 11.3 Å². The highest BCUT2D eigenvalue weighted by Crippen LogP contribution is 2.35. The molecule has 1 aromatic carbocycles. The summed E-state index contributed by atoms with van der Waals surface area (Å²) in [5.74, 6) is -2.01. The van der Waals surface area contributed by atoms with Crippen LogP contribution in [0, 0.1) is 12.7 Å². The molecule has 0 fully saturated rings. The highest BCUT2D eigenvalue weighted by molar-refractivity contribution is 7.65. The molecule has 3 nitrogen and oxygen atoms in total. The van der Waals surface area contributed by atoms with E-state index in [0.717, 1.165) is 0 Å². The van der Waals surface area contributed by atoms with Crippen molar-refractivity contribution in [1.82, 2.24) is 5.16 Å². The zero-order valence-electron chi connectivity index (χ0n) is 11.7. The molecule has 2 rings (SSSR count). The van der Waals surface area contributed by atoms with Crippen molar-refractivity contribution in [2.75, 3.05) is 0 Å². The van der Waals surface area contributed by atoms with Gasteiger partial charge in [-0.15, -0.1) is 0 Å². The lowest BCUT2D eigenvalue weighted by Gasteiger charge is -2.07. The summed E-state index contributed by atoms with van der Waals surface area (Å²) in [6, 6.07) is 3.19. The molecule has 22 heavy (non-hydrogen) atoms. The van der Waals surface area contributed by atoms with Crippen LogP contribution < -0.4 is 0 Å². The molecule has 0 aliphatic heterocycles. The van der Waals surface area contributed by atoms with E-state index in [1.165, 1.54) is 12.1 Å². The quantitative estimate of drug-likeness (QED) is 0.602. The third-order valence-corrected chi connectivity index (χ3v) is 4.07. The van der Waals surface area contributed by atoms with Gasteiger partial charge in [-0.2, -0.15) is 13.2 Å². The third kappa shape index (κ3) is 3.16. The highest BCUT2D eigenvalue weighted by Gasteiger charge is 2.36. The molecule has 0 radical (unpaired) electrons. The van der Waals surface area contributed by atoms with Crippen LogP contribution in [0.1, 0.15) is 35.5 Å². The second kappa shape index (κ2) is 6.12. The van der Waals surface area contributed by atoms with Gasteiger partial charge in [0.25, 0.3) is 5.25 Å². The Morgan fingerprint density at radius 2 is 2.00 bits per heavy atom. The van der Waals surface area contributed by atoms with Crippen LogP contribution in [0.4, 0.5) is 17.6 Å². The first-order chi connectivity index (χ1) is 10.3. The largest absolute Gasteiger partial charge is 0.467 e. The molecule has 0 spiro atoms. The fourth-order valence-electron chi connectivity index (χ4n) is 2.11. The minimum absolute atomic E-state index is 0.118. The number of alkyl halides is 3. The number of aryl methyl sites for hydroxylation is 1. The molecule has 0 N–H and O–H groups in total. The van der Waals surface area contributed by atoms with Gasteiger partial charge in [-0.05, 0) is 24.6 Å². The summed E-state index contributed by atoms with van der Waals surface area (Å²) in [5, 5.41) is 2.87. The molecule has 1 aromatic heterocycles. The minimum atomic E-state index is -4.69. The maximum absolute atomic E-state index is 14.0. The van der Waals surface area contributed by atoms with Crippen molar-refractivity contribution in [1.29, 1.82) is 0 Å². The van der Waals surface area contributed by atoms with Gasteiger partial charge in [0, 0.05) is 27.8 Å². The molecule has 0 saturated heterocycles. The molecule has 0 saturated carbocycles. The van der Waals surface area contributed by atoms with E-state index in [1.54, 1.807) is 13.8 Å². The lowest BCUT2D eigenvalue weighted by atomic mass is 9.98. The molecule has 0 aliphatic carbocycles. The second-order valence-corrected chi connectivity index (χ2v) is 5.52. The van der Waals surface area contributed by atoms with E-state index < -0.39 is 23.0 Å². The zero-order chi connectivity index (χ0) is 16.5. The van der Waals surface area contributed by atoms with Gasteiger partial charge in [0.05, 0.1) is 0 Å². The van der Waals surface area contributed by atoms with Gasteiger partial charge < -0.3 is 4.52 Å². The predicted octanol–water partition coefficient (Wildman–Crippen LogP) is 4.69. The van der Waals surface area contributed by atoms with Crippen LogP contribution in [-0.2, 0) is 22.1 Å². The first kappa shape index (κ1) is 16.5. The number of nitrogens with zero attached hydrogens (tertiary/aromatic N) is 1. The number of benzene rings is 1. The normalized spacial score (nSPS) is 13.2. The fraction of sp³-hybridized carbons (Fsp3) is 0.357. The Labute approximate surface area is 127 Å². The minimum Gasteiger partial charge on any atom is -0.351 e. The van der Waals surface area contributed by atoms with E-state index in [9.17, 15) is 21.8 Å². The average Bonchev–Trinajstić information content (AvgIpc) is 2.91. The summed E-state index contributed by atoms with van der Waals surface area (Å²) < 4.78 is 67.0. The number of halogens is 4. The fourth-order valence-corrected chi connectivity index (χ4v) is 2.60. The molecule has 0 bridgehead atoms. The van der Waals surface area contributed by atoms with E-state index in [4.69, 9.17) is 0 Å². The van der Waals surface area contributed by atoms with Crippen molar-refractivity contribution >= 4 is 11.7 Å². The number of rotatable bonds is 4. The van der Waals surface area contributed by atoms with Crippen molar-refractivity contribution in [2.45, 2.75) is 31.7 Å². The van der Waals surface area contributed by atoms with Crippen LogP contribution in [0.15, 0.2) is 22.7 Å². The van der Waals surface area contributed by atoms with Crippen molar-refractivity contribution in [3.05, 3.63) is 40.9 Å². The molecule has 8 heteroatoms. The van der Waals surface area contributed by atoms with E-state index >= 15 is 0 Å². The van der Waals surface area contributed by atoms with Crippen LogP contribution in [0.5, 0.6) is 0 Å². The molecule has 2 aromatic rings. The Hall–Kier alpha value is -1.83. The van der Waals surface area contributed by atoms with E-state index in [0.29, 0.717) is 35.3 Å². The predicted molar refractivity (Wildman–Crippen MR) is 72.7 cm³/mol. The van der Waals surface area contributed by atoms with Crippen LogP contribution in [-0.4, -0.2) is 5.16 Å². The number of hydrogen-bond acceptors (Lipinski definition) is 3. The van der Waals surface area contributed by atoms with Crippen LogP contribution in [0.25, 0.3) is 11.3 Å². The van der Waals surface area contributed by atoms with Gasteiger partial charge in [0.15, 0.2) is 0 Å². The van der Waals surface area contributed by atoms with Gasteiger partial charge in [0.2, 0.25) is 5.76 Å². The number of aromatic nitrogens is 1. The summed E-state index contributed by atoms with van der Waals surface area (Å²) >= 11 is 0.360. The molecular weight excluding hydrogens is 322 g/mol. The molecule has 1 atom stereocenters. The lowest BCUT2D eigenvalue weighted by molar-refractivity contribution is -0.155. The van der Waals surface area contributed by atoms with Crippen molar-refractivity contribution < 1.29 is 26.3 Å². The average molecular weight is 334 g/mol. The smallest absolute Gasteiger partial charge is 0.351 e. The lowest BCUT2D eigenvalue weighted by Crippen LogP contribution is -2.02. The molecule has 1 heterocycles. The van der Waals surface area contributed by atoms with Crippen LogP contribution >= 0.6 is 0 Å². The molecular formula is C14H12F4NO2S+. The van der Waals surface area contributed by atoms with Gasteiger partial charge in [-0.25, -0.2) is 4.39 Å². The van der Waals surface area contributed by atoms with E-state index in [2.05, 4.69) is 9.68 Å². The van der Waals surface area contributed by atoms with E-state index in [-0.39, 0.29) is 11.3 Å². The number of hydrogen-bond donors (Lipinski definition) is 0. The summed E-state index contributed by atoms with van der Waals surface area (Å²) in [6.07, 6.45) is -4.17. The molecule has 1 unspecified atom stereocenters. The van der Waals surface area contributed by atoms with Crippen LogP contribution in [0.3, 0.4) is 0 Å². The second-order valence-electron chi connectivity index (χ2n) is 4.76. The Morgan fingerprint density at radius 3 is 2.50 bits per heavy atom. The Kier molecular flexibility index (Phi) is 4.60. The Balaban J connectivity index is 2.53. The maximum atomic E-state index is 14.0. The monoisotopic (exact) mass is 334 g/mol. The summed E-state index contributed by atoms with van der Waals surface area (Å²) in [7, 11) is 0. The summed E-state index contributed by atoms with van der Waals surface area (Å²) in [5.41, 5.74) is 0.774. The summed E-state index contributed by atoms with van der Waals surface area (Å²) in [4.78, 5) is 0. The SMILES string of the molecule is CCC([S+]=O)c1cc(-c2cc(C(F)(F)F)on2)c(F)cc1C. The Bertz CT molecular complexity index is 697. The molecule has 118 valence electrons. The third-order valence-electron chi connectivity index (χ3n) is 3.26. The standard InChI is InChI=1S/C14H12F4NO2S/c1-3-12(22-20)8-5-9(10(15)4-7(8)2)11-6-13(21-19-11)14(16,17)18/h4-6,12H,3H2,1-2H3/q+1. The van der Waals surface area contributed by atoms with E-state index in [1.807, 2.05) is 0 Å². The first-order valence-corrected chi connectivity index (χ1v) is 7.21. The van der Waals surface area contributed by atoms with Gasteiger partial charge in [-0.3, -0.25) is 0 Å². The topological polar surface area (TPSA) is 43.1 Å². The Morgan fingerprint density at radius 1 is 1.32 bits per heavy atom.